The van der Waals surface area contributed by atoms with Crippen LogP contribution in [0.15, 0.2) is 0 Å². The molecule has 1 saturated carbocycles. The average molecular weight is 240 g/mol. The van der Waals surface area contributed by atoms with Crippen molar-refractivity contribution in [3.63, 3.8) is 0 Å². The number of carbonyl (C=O) groups excluding carboxylic acids is 1. The molecule has 0 aromatic heterocycles. The van der Waals surface area contributed by atoms with Crippen molar-refractivity contribution in [2.75, 3.05) is 6.54 Å². The molecule has 1 aliphatic carbocycles. The van der Waals surface area contributed by atoms with E-state index in [4.69, 9.17) is 5.73 Å². The van der Waals surface area contributed by atoms with Gasteiger partial charge in [-0.1, -0.05) is 40.0 Å². The van der Waals surface area contributed by atoms with Crippen LogP contribution in [0.4, 0.5) is 0 Å². The third-order valence-electron chi connectivity index (χ3n) is 3.51. The van der Waals surface area contributed by atoms with Crippen molar-refractivity contribution in [1.29, 1.82) is 0 Å². The molecule has 1 atom stereocenters. The fraction of sp³-hybridized carbons (Fsp3) is 0.929. The van der Waals surface area contributed by atoms with Gasteiger partial charge in [-0.25, -0.2) is 0 Å². The van der Waals surface area contributed by atoms with E-state index in [1.807, 2.05) is 0 Å². The molecule has 17 heavy (non-hydrogen) atoms. The number of nitrogens with one attached hydrogen (secondary N) is 1. The van der Waals surface area contributed by atoms with Crippen molar-refractivity contribution in [3.05, 3.63) is 0 Å². The van der Waals surface area contributed by atoms with Gasteiger partial charge in [0.15, 0.2) is 0 Å². The van der Waals surface area contributed by atoms with Gasteiger partial charge in [-0.2, -0.15) is 0 Å². The number of nitrogens with two attached hydrogens (primary N) is 1. The third-order valence-corrected chi connectivity index (χ3v) is 3.51. The lowest BCUT2D eigenvalue weighted by Crippen LogP contribution is -2.46. The van der Waals surface area contributed by atoms with Gasteiger partial charge in [0.1, 0.15) is 0 Å². The molecule has 0 heterocycles. The van der Waals surface area contributed by atoms with Crippen LogP contribution in [0.3, 0.4) is 0 Å². The van der Waals surface area contributed by atoms with Crippen molar-refractivity contribution in [3.8, 4) is 0 Å². The van der Waals surface area contributed by atoms with Crippen LogP contribution >= 0.6 is 0 Å². The normalized spacial score (nSPS) is 20.0. The maximum atomic E-state index is 11.9. The van der Waals surface area contributed by atoms with E-state index in [1.165, 1.54) is 32.1 Å². The summed E-state index contributed by atoms with van der Waals surface area (Å²) in [6.45, 7) is 6.83. The number of hydrogen-bond donors (Lipinski definition) is 2. The lowest BCUT2D eigenvalue weighted by Gasteiger charge is -2.31. The Hall–Kier alpha value is -0.570. The van der Waals surface area contributed by atoms with Gasteiger partial charge >= 0.3 is 0 Å². The van der Waals surface area contributed by atoms with E-state index < -0.39 is 0 Å². The molecule has 0 aliphatic heterocycles. The Morgan fingerprint density at radius 1 is 1.29 bits per heavy atom. The summed E-state index contributed by atoms with van der Waals surface area (Å²) >= 11 is 0. The summed E-state index contributed by atoms with van der Waals surface area (Å²) in [7, 11) is 0. The summed E-state index contributed by atoms with van der Waals surface area (Å²) in [6.07, 6.45) is 6.93. The van der Waals surface area contributed by atoms with E-state index in [0.717, 1.165) is 0 Å². The minimum Gasteiger partial charge on any atom is -0.352 e. The number of carbonyl (C=O) groups is 1. The van der Waals surface area contributed by atoms with Gasteiger partial charge in [-0.3, -0.25) is 4.79 Å². The predicted octanol–water partition coefficient (Wildman–Crippen LogP) is 2.45. The zero-order valence-corrected chi connectivity index (χ0v) is 11.6. The minimum absolute atomic E-state index is 0.0514. The van der Waals surface area contributed by atoms with E-state index in [1.54, 1.807) is 0 Å². The summed E-state index contributed by atoms with van der Waals surface area (Å²) < 4.78 is 0. The van der Waals surface area contributed by atoms with E-state index in [2.05, 4.69) is 26.1 Å². The van der Waals surface area contributed by atoms with Crippen molar-refractivity contribution in [2.45, 2.75) is 65.3 Å². The second-order valence-corrected chi connectivity index (χ2v) is 6.55. The highest BCUT2D eigenvalue weighted by Gasteiger charge is 2.25. The van der Waals surface area contributed by atoms with Crippen LogP contribution in [0.25, 0.3) is 0 Å². The predicted molar refractivity (Wildman–Crippen MR) is 71.6 cm³/mol. The Morgan fingerprint density at radius 3 is 2.35 bits per heavy atom. The third kappa shape index (κ3) is 5.53. The fourth-order valence-corrected chi connectivity index (χ4v) is 2.65. The molecule has 0 aromatic rings. The maximum Gasteiger partial charge on any atom is 0.220 e. The van der Waals surface area contributed by atoms with Crippen molar-refractivity contribution < 1.29 is 4.79 Å². The molecule has 1 unspecified atom stereocenters. The highest BCUT2D eigenvalue weighted by Crippen LogP contribution is 2.26. The van der Waals surface area contributed by atoms with Crippen LogP contribution in [-0.4, -0.2) is 18.5 Å². The number of amides is 1. The van der Waals surface area contributed by atoms with Crippen LogP contribution in [0.1, 0.15) is 59.3 Å². The van der Waals surface area contributed by atoms with Crippen LogP contribution in [0.5, 0.6) is 0 Å². The largest absolute Gasteiger partial charge is 0.352 e. The van der Waals surface area contributed by atoms with Gasteiger partial charge in [0.2, 0.25) is 5.91 Å². The first-order valence-electron chi connectivity index (χ1n) is 6.92. The molecule has 0 bridgehead atoms. The molecule has 3 nitrogen and oxygen atoms in total. The molecule has 3 heteroatoms. The summed E-state index contributed by atoms with van der Waals surface area (Å²) in [5, 5.41) is 3.13. The zero-order valence-electron chi connectivity index (χ0n) is 11.6. The molecule has 1 fully saturated rings. The molecular weight excluding hydrogens is 212 g/mol. The maximum absolute atomic E-state index is 11.9. The van der Waals surface area contributed by atoms with Crippen molar-refractivity contribution in [2.24, 2.45) is 17.1 Å². The van der Waals surface area contributed by atoms with Gasteiger partial charge in [0, 0.05) is 19.0 Å². The van der Waals surface area contributed by atoms with Gasteiger partial charge in [0.25, 0.3) is 0 Å². The Labute approximate surface area is 106 Å². The molecule has 0 aromatic carbocycles. The number of rotatable bonds is 4. The van der Waals surface area contributed by atoms with Crippen LogP contribution in [-0.2, 0) is 4.79 Å². The molecule has 1 amide bonds. The summed E-state index contributed by atoms with van der Waals surface area (Å²) in [6, 6.07) is 0.185. The second kappa shape index (κ2) is 6.39. The minimum atomic E-state index is 0.0514. The van der Waals surface area contributed by atoms with Crippen LogP contribution < -0.4 is 11.1 Å². The summed E-state index contributed by atoms with van der Waals surface area (Å²) in [4.78, 5) is 11.9. The first-order valence-corrected chi connectivity index (χ1v) is 6.92. The highest BCUT2D eigenvalue weighted by molar-refractivity contribution is 5.76. The molecule has 3 N–H and O–H groups in total. The van der Waals surface area contributed by atoms with Crippen LogP contribution in [0.2, 0.25) is 0 Å². The van der Waals surface area contributed by atoms with Crippen molar-refractivity contribution in [1.82, 2.24) is 5.32 Å². The van der Waals surface area contributed by atoms with E-state index in [9.17, 15) is 4.79 Å². The molecule has 0 radical (unpaired) electrons. The van der Waals surface area contributed by atoms with E-state index in [-0.39, 0.29) is 17.4 Å². The molecule has 1 rings (SSSR count). The Kier molecular flexibility index (Phi) is 5.44. The van der Waals surface area contributed by atoms with Crippen LogP contribution in [0, 0.1) is 11.3 Å². The molecule has 0 saturated heterocycles. The van der Waals surface area contributed by atoms with Crippen molar-refractivity contribution >= 4 is 5.91 Å². The van der Waals surface area contributed by atoms with E-state index in [0.29, 0.717) is 18.9 Å². The van der Waals surface area contributed by atoms with Gasteiger partial charge in [-0.15, -0.1) is 0 Å². The molecule has 100 valence electrons. The quantitative estimate of drug-likeness (QED) is 0.793. The Morgan fingerprint density at radius 2 is 1.88 bits per heavy atom. The smallest absolute Gasteiger partial charge is 0.220 e. The first kappa shape index (κ1) is 14.5. The fourth-order valence-electron chi connectivity index (χ4n) is 2.65. The second-order valence-electron chi connectivity index (χ2n) is 6.55. The standard InChI is InChI=1S/C14H28N2O/c1-14(2,3)9-13(17)16-12(10-15)11-7-5-4-6-8-11/h11-12H,4-10,15H2,1-3H3,(H,16,17). The monoisotopic (exact) mass is 240 g/mol. The lowest BCUT2D eigenvalue weighted by atomic mass is 9.83. The Balaban J connectivity index is 2.42. The topological polar surface area (TPSA) is 55.1 Å². The zero-order chi connectivity index (χ0) is 12.9. The highest BCUT2D eigenvalue weighted by atomic mass is 16.1. The molecule has 0 spiro atoms. The van der Waals surface area contributed by atoms with Gasteiger partial charge in [0.05, 0.1) is 0 Å². The summed E-state index contributed by atoms with van der Waals surface area (Å²) in [5.41, 5.74) is 5.85. The SMILES string of the molecule is CC(C)(C)CC(=O)NC(CN)C1CCCCC1. The van der Waals surface area contributed by atoms with Gasteiger partial charge < -0.3 is 11.1 Å². The first-order chi connectivity index (χ1) is 7.92. The average Bonchev–Trinajstić information content (AvgIpc) is 2.24. The number of hydrogen-bond acceptors (Lipinski definition) is 2. The Bertz CT molecular complexity index is 239. The lowest BCUT2D eigenvalue weighted by molar-refractivity contribution is -0.123. The van der Waals surface area contributed by atoms with E-state index >= 15 is 0 Å². The molecule has 1 aliphatic rings. The summed E-state index contributed by atoms with van der Waals surface area (Å²) in [5.74, 6) is 0.746. The molecular formula is C14H28N2O. The van der Waals surface area contributed by atoms with Gasteiger partial charge in [-0.05, 0) is 24.2 Å².